The molecule has 4 N–H and O–H groups in total. The Morgan fingerprint density at radius 2 is 1.53 bits per heavy atom. The first-order valence-electron chi connectivity index (χ1n) is 11.4. The zero-order valence-corrected chi connectivity index (χ0v) is 20.9. The molecule has 0 aliphatic carbocycles. The molecule has 2 aromatic rings. The van der Waals surface area contributed by atoms with Gasteiger partial charge in [0.2, 0.25) is 11.8 Å². The number of amides is 3. The van der Waals surface area contributed by atoms with Crippen LogP contribution in [0.4, 0.5) is 4.79 Å². The average Bonchev–Trinajstić information content (AvgIpc) is 2.81. The maximum absolute atomic E-state index is 13.0. The third kappa shape index (κ3) is 10.0. The molecule has 0 bridgehead atoms. The minimum atomic E-state index is -1.29. The van der Waals surface area contributed by atoms with Gasteiger partial charge in [-0.05, 0) is 44.0 Å². The molecule has 0 unspecified atom stereocenters. The van der Waals surface area contributed by atoms with Crippen LogP contribution in [0.15, 0.2) is 54.6 Å². The highest BCUT2D eigenvalue weighted by molar-refractivity contribution is 5.92. The lowest BCUT2D eigenvalue weighted by molar-refractivity contribution is -0.146. The van der Waals surface area contributed by atoms with Gasteiger partial charge in [0.1, 0.15) is 30.0 Å². The van der Waals surface area contributed by atoms with Gasteiger partial charge in [0, 0.05) is 6.42 Å². The van der Waals surface area contributed by atoms with Crippen molar-refractivity contribution in [2.24, 2.45) is 5.73 Å². The zero-order chi connectivity index (χ0) is 26.7. The first-order chi connectivity index (χ1) is 17.0. The number of nitrogens with two attached hydrogens (primary N) is 1. The monoisotopic (exact) mass is 499 g/mol. The first-order valence-corrected chi connectivity index (χ1v) is 11.4. The Morgan fingerprint density at radius 3 is 2.08 bits per heavy atom. The summed E-state index contributed by atoms with van der Waals surface area (Å²) in [6, 6.07) is 14.3. The summed E-state index contributed by atoms with van der Waals surface area (Å²) in [6.45, 7) is 5.47. The van der Waals surface area contributed by atoms with Crippen molar-refractivity contribution in [3.05, 3.63) is 65.7 Å². The molecular formula is C26H33N3O7. The van der Waals surface area contributed by atoms with Crippen molar-refractivity contribution in [1.29, 1.82) is 0 Å². The highest BCUT2D eigenvalue weighted by Crippen LogP contribution is 2.16. The van der Waals surface area contributed by atoms with Crippen LogP contribution in [0.2, 0.25) is 0 Å². The van der Waals surface area contributed by atoms with Crippen molar-refractivity contribution in [3.63, 3.8) is 0 Å². The van der Waals surface area contributed by atoms with E-state index in [1.165, 1.54) is 0 Å². The second-order valence-electron chi connectivity index (χ2n) is 9.08. The van der Waals surface area contributed by atoms with Crippen LogP contribution in [0.1, 0.15) is 38.3 Å². The van der Waals surface area contributed by atoms with Gasteiger partial charge in [-0.3, -0.25) is 9.59 Å². The third-order valence-electron chi connectivity index (χ3n) is 4.83. The Hall–Kier alpha value is -4.08. The molecule has 0 radical (unpaired) electrons. The molecule has 0 aromatic heterocycles. The van der Waals surface area contributed by atoms with E-state index >= 15 is 0 Å². The van der Waals surface area contributed by atoms with E-state index in [0.717, 1.165) is 12.7 Å². The molecule has 10 nitrogen and oxygen atoms in total. The number of rotatable bonds is 11. The van der Waals surface area contributed by atoms with Gasteiger partial charge in [0.15, 0.2) is 0 Å². The molecule has 2 aromatic carbocycles. The van der Waals surface area contributed by atoms with E-state index < -0.39 is 48.0 Å². The number of methoxy groups -OCH3 is 1. The average molecular weight is 500 g/mol. The Morgan fingerprint density at radius 1 is 0.889 bits per heavy atom. The van der Waals surface area contributed by atoms with E-state index in [4.69, 9.17) is 15.2 Å². The van der Waals surface area contributed by atoms with Gasteiger partial charge in [-0.15, -0.1) is 0 Å². The van der Waals surface area contributed by atoms with Gasteiger partial charge in [0.25, 0.3) is 0 Å². The smallest absolute Gasteiger partial charge is 0.408 e. The van der Waals surface area contributed by atoms with Crippen molar-refractivity contribution in [1.82, 2.24) is 10.6 Å². The number of primary amides is 1. The summed E-state index contributed by atoms with van der Waals surface area (Å²) in [5, 5.41) is 4.95. The summed E-state index contributed by atoms with van der Waals surface area (Å²) >= 11 is 0. The number of hydrogen-bond acceptors (Lipinski definition) is 7. The quantitative estimate of drug-likeness (QED) is 0.402. The highest BCUT2D eigenvalue weighted by atomic mass is 16.6. The molecule has 0 fully saturated rings. The Bertz CT molecular complexity index is 1030. The van der Waals surface area contributed by atoms with Gasteiger partial charge in [-0.25, -0.2) is 9.59 Å². The Kier molecular flexibility index (Phi) is 10.3. The van der Waals surface area contributed by atoms with Crippen LogP contribution >= 0.6 is 0 Å². The zero-order valence-electron chi connectivity index (χ0n) is 20.9. The number of carbonyl (C=O) groups is 4. The summed E-state index contributed by atoms with van der Waals surface area (Å²) in [6.07, 6.45) is -1.19. The van der Waals surface area contributed by atoms with Crippen molar-refractivity contribution in [2.75, 3.05) is 7.11 Å². The first kappa shape index (κ1) is 28.2. The van der Waals surface area contributed by atoms with Crippen LogP contribution in [-0.2, 0) is 36.9 Å². The molecule has 0 aliphatic rings. The minimum Gasteiger partial charge on any atom is -0.489 e. The molecular weight excluding hydrogens is 466 g/mol. The van der Waals surface area contributed by atoms with Gasteiger partial charge in [-0.1, -0.05) is 42.5 Å². The molecule has 10 heteroatoms. The summed E-state index contributed by atoms with van der Waals surface area (Å²) in [7, 11) is 1.13. The standard InChI is InChI=1S/C26H33N3O7/c1-26(2,3)36-25(33)29-20(23(31)28-21(15-22(27)30)24(32)34-4)14-17-10-12-19(13-11-17)35-16-18-8-6-5-7-9-18/h5-13,20-21H,14-16H2,1-4H3,(H2,27,30)(H,28,31)(H,29,33)/t20-,21-/m0/s1. The van der Waals surface area contributed by atoms with Crippen molar-refractivity contribution in [2.45, 2.75) is 57.9 Å². The SMILES string of the molecule is COC(=O)[C@H](CC(N)=O)NC(=O)[C@H](Cc1ccc(OCc2ccccc2)cc1)NC(=O)OC(C)(C)C. The number of benzene rings is 2. The van der Waals surface area contributed by atoms with Gasteiger partial charge < -0.3 is 30.6 Å². The molecule has 0 aliphatic heterocycles. The van der Waals surface area contributed by atoms with E-state index in [1.54, 1.807) is 45.0 Å². The summed E-state index contributed by atoms with van der Waals surface area (Å²) in [4.78, 5) is 48.8. The summed E-state index contributed by atoms with van der Waals surface area (Å²) in [5.41, 5.74) is 6.13. The number of hydrogen-bond donors (Lipinski definition) is 3. The number of nitrogens with one attached hydrogen (secondary N) is 2. The maximum atomic E-state index is 13.0. The summed E-state index contributed by atoms with van der Waals surface area (Å²) < 4.78 is 15.7. The van der Waals surface area contributed by atoms with Crippen LogP contribution in [0.25, 0.3) is 0 Å². The molecule has 0 spiro atoms. The largest absolute Gasteiger partial charge is 0.489 e. The second kappa shape index (κ2) is 13.1. The number of ether oxygens (including phenoxy) is 3. The van der Waals surface area contributed by atoms with Crippen LogP contribution in [0, 0.1) is 0 Å². The van der Waals surface area contributed by atoms with E-state index in [2.05, 4.69) is 15.4 Å². The van der Waals surface area contributed by atoms with Crippen molar-refractivity contribution in [3.8, 4) is 5.75 Å². The van der Waals surface area contributed by atoms with Crippen molar-refractivity contribution < 1.29 is 33.4 Å². The second-order valence-corrected chi connectivity index (χ2v) is 9.08. The normalized spacial score (nSPS) is 12.6. The van der Waals surface area contributed by atoms with Crippen LogP contribution in [0.5, 0.6) is 5.75 Å². The molecule has 0 saturated carbocycles. The van der Waals surface area contributed by atoms with Gasteiger partial charge >= 0.3 is 12.1 Å². The topological polar surface area (TPSA) is 146 Å². The Balaban J connectivity index is 2.13. The van der Waals surface area contributed by atoms with Gasteiger partial charge in [0.05, 0.1) is 13.5 Å². The lowest BCUT2D eigenvalue weighted by Gasteiger charge is -2.24. The molecule has 2 atom stereocenters. The number of alkyl carbamates (subject to hydrolysis) is 1. The lowest BCUT2D eigenvalue weighted by atomic mass is 10.0. The fourth-order valence-corrected chi connectivity index (χ4v) is 3.17. The van der Waals surface area contributed by atoms with Crippen LogP contribution < -0.4 is 21.1 Å². The minimum absolute atomic E-state index is 0.0779. The number of esters is 1. The van der Waals surface area contributed by atoms with E-state index in [9.17, 15) is 19.2 Å². The highest BCUT2D eigenvalue weighted by Gasteiger charge is 2.30. The molecule has 194 valence electrons. The molecule has 0 saturated heterocycles. The number of carbonyl (C=O) groups excluding carboxylic acids is 4. The Labute approximate surface area is 210 Å². The predicted octanol–water partition coefficient (Wildman–Crippen LogP) is 2.23. The summed E-state index contributed by atoms with van der Waals surface area (Å²) in [5.74, 6) is -1.70. The van der Waals surface area contributed by atoms with Crippen molar-refractivity contribution >= 4 is 23.9 Å². The van der Waals surface area contributed by atoms with E-state index in [-0.39, 0.29) is 6.42 Å². The van der Waals surface area contributed by atoms with Crippen LogP contribution in [0.3, 0.4) is 0 Å². The fourth-order valence-electron chi connectivity index (χ4n) is 3.17. The fraction of sp³-hybridized carbons (Fsp3) is 0.385. The van der Waals surface area contributed by atoms with E-state index in [0.29, 0.717) is 17.9 Å². The van der Waals surface area contributed by atoms with E-state index in [1.807, 2.05) is 30.3 Å². The van der Waals surface area contributed by atoms with Crippen LogP contribution in [-0.4, -0.2) is 48.7 Å². The molecule has 36 heavy (non-hydrogen) atoms. The molecule has 0 heterocycles. The predicted molar refractivity (Wildman–Crippen MR) is 132 cm³/mol. The molecule has 2 rings (SSSR count). The third-order valence-corrected chi connectivity index (χ3v) is 4.83. The maximum Gasteiger partial charge on any atom is 0.408 e. The van der Waals surface area contributed by atoms with Gasteiger partial charge in [-0.2, -0.15) is 0 Å². The molecule has 3 amide bonds. The lowest BCUT2D eigenvalue weighted by Crippen LogP contribution is -2.54.